The second-order valence-corrected chi connectivity index (χ2v) is 7.25. The second-order valence-electron chi connectivity index (χ2n) is 6.34. The molecule has 0 spiro atoms. The molecule has 0 N–H and O–H groups in total. The molecule has 1 amide bonds. The van der Waals surface area contributed by atoms with Gasteiger partial charge in [-0.3, -0.25) is 4.79 Å². The molecule has 1 aliphatic heterocycles. The fourth-order valence-electron chi connectivity index (χ4n) is 3.03. The molecular weight excluding hydrogens is 294 g/mol. The van der Waals surface area contributed by atoms with Crippen LogP contribution < -0.4 is 0 Å². The van der Waals surface area contributed by atoms with Gasteiger partial charge in [-0.05, 0) is 42.0 Å². The molecule has 1 aromatic carbocycles. The van der Waals surface area contributed by atoms with E-state index in [4.69, 9.17) is 4.74 Å². The molecule has 122 valence electrons. The molecule has 0 saturated carbocycles. The van der Waals surface area contributed by atoms with Crippen LogP contribution in [0.2, 0.25) is 0 Å². The average Bonchev–Trinajstić information content (AvgIpc) is 2.54. The van der Waals surface area contributed by atoms with E-state index in [-0.39, 0.29) is 11.9 Å². The third-order valence-corrected chi connectivity index (χ3v) is 5.22. The van der Waals surface area contributed by atoms with Crippen LogP contribution in [0.4, 0.5) is 0 Å². The summed E-state index contributed by atoms with van der Waals surface area (Å²) in [6.45, 7) is 5.84. The summed E-state index contributed by atoms with van der Waals surface area (Å²) in [4.78, 5) is 14.7. The molecule has 2 rings (SSSR count). The van der Waals surface area contributed by atoms with Crippen LogP contribution in [0.25, 0.3) is 0 Å². The van der Waals surface area contributed by atoms with Crippen molar-refractivity contribution in [2.45, 2.75) is 32.2 Å². The predicted octanol–water partition coefficient (Wildman–Crippen LogP) is 3.65. The summed E-state index contributed by atoms with van der Waals surface area (Å²) in [7, 11) is 1.93. The van der Waals surface area contributed by atoms with Crippen molar-refractivity contribution in [3.05, 3.63) is 35.4 Å². The van der Waals surface area contributed by atoms with E-state index in [2.05, 4.69) is 32.2 Å². The highest BCUT2D eigenvalue weighted by molar-refractivity contribution is 7.98. The topological polar surface area (TPSA) is 29.5 Å². The zero-order valence-electron chi connectivity index (χ0n) is 14.0. The number of thioether (sulfide) groups is 1. The van der Waals surface area contributed by atoms with Crippen molar-refractivity contribution in [2.75, 3.05) is 32.3 Å². The van der Waals surface area contributed by atoms with Crippen molar-refractivity contribution in [3.8, 4) is 0 Å². The Bertz CT molecular complexity index is 484. The summed E-state index contributed by atoms with van der Waals surface area (Å²) in [6, 6.07) is 8.32. The maximum atomic E-state index is 12.8. The van der Waals surface area contributed by atoms with E-state index in [1.54, 1.807) is 0 Å². The fourth-order valence-corrected chi connectivity index (χ4v) is 3.78. The van der Waals surface area contributed by atoms with Crippen LogP contribution in [-0.4, -0.2) is 49.1 Å². The fraction of sp³-hybridized carbons (Fsp3) is 0.611. The Hall–Kier alpha value is -1.00. The lowest BCUT2D eigenvalue weighted by Gasteiger charge is -2.37. The zero-order chi connectivity index (χ0) is 16.1. The highest BCUT2D eigenvalue weighted by Gasteiger charge is 2.31. The van der Waals surface area contributed by atoms with E-state index in [0.717, 1.165) is 31.0 Å². The van der Waals surface area contributed by atoms with E-state index in [9.17, 15) is 4.79 Å². The molecule has 0 bridgehead atoms. The van der Waals surface area contributed by atoms with E-state index >= 15 is 0 Å². The first kappa shape index (κ1) is 17.4. The molecule has 2 atom stereocenters. The van der Waals surface area contributed by atoms with Gasteiger partial charge in [0.25, 0.3) is 5.91 Å². The Morgan fingerprint density at radius 3 is 2.64 bits per heavy atom. The average molecular weight is 321 g/mol. The molecule has 1 heterocycles. The smallest absolute Gasteiger partial charge is 0.253 e. The van der Waals surface area contributed by atoms with Crippen molar-refractivity contribution in [3.63, 3.8) is 0 Å². The first-order valence-corrected chi connectivity index (χ1v) is 9.37. The quantitative estimate of drug-likeness (QED) is 0.829. The molecule has 4 heteroatoms. The number of hydrogen-bond donors (Lipinski definition) is 0. The Morgan fingerprint density at radius 1 is 1.36 bits per heavy atom. The van der Waals surface area contributed by atoms with Crippen LogP contribution in [-0.2, 0) is 4.74 Å². The summed E-state index contributed by atoms with van der Waals surface area (Å²) in [5.41, 5.74) is 2.05. The maximum absolute atomic E-state index is 12.8. The molecule has 1 saturated heterocycles. The third kappa shape index (κ3) is 4.05. The highest BCUT2D eigenvalue weighted by atomic mass is 32.2. The minimum atomic E-state index is 0.119. The van der Waals surface area contributed by atoms with Crippen molar-refractivity contribution in [2.24, 2.45) is 5.92 Å². The summed E-state index contributed by atoms with van der Waals surface area (Å²) in [5, 5.41) is 0. The third-order valence-electron chi connectivity index (χ3n) is 4.46. The van der Waals surface area contributed by atoms with Gasteiger partial charge in [0.05, 0.1) is 6.61 Å². The van der Waals surface area contributed by atoms with Crippen molar-refractivity contribution in [1.82, 2.24) is 4.90 Å². The lowest BCUT2D eigenvalue weighted by atomic mass is 9.95. The van der Waals surface area contributed by atoms with Gasteiger partial charge in [-0.2, -0.15) is 11.8 Å². The van der Waals surface area contributed by atoms with Gasteiger partial charge >= 0.3 is 0 Å². The monoisotopic (exact) mass is 321 g/mol. The first-order chi connectivity index (χ1) is 10.5. The van der Waals surface area contributed by atoms with E-state index in [1.165, 1.54) is 5.56 Å². The number of carbonyl (C=O) groups is 1. The van der Waals surface area contributed by atoms with Gasteiger partial charge < -0.3 is 9.64 Å². The van der Waals surface area contributed by atoms with Gasteiger partial charge in [-0.25, -0.2) is 0 Å². The van der Waals surface area contributed by atoms with E-state index < -0.39 is 0 Å². The standard InChI is InChI=1S/C18H27NO2S/c1-13(2)14-5-7-15(8-6-14)18(20)19(3)17-9-10-21-11-16(17)12-22-4/h5-8,13,16-17H,9-12H2,1-4H3. The van der Waals surface area contributed by atoms with Gasteiger partial charge in [-0.1, -0.05) is 26.0 Å². The SMILES string of the molecule is CSCC1COCCC1N(C)C(=O)c1ccc(C(C)C)cc1. The number of ether oxygens (including phenoxy) is 1. The lowest BCUT2D eigenvalue weighted by Crippen LogP contribution is -2.47. The van der Waals surface area contributed by atoms with Crippen LogP contribution >= 0.6 is 11.8 Å². The maximum Gasteiger partial charge on any atom is 0.253 e. The number of rotatable bonds is 5. The number of benzene rings is 1. The molecule has 0 aromatic heterocycles. The van der Waals surface area contributed by atoms with Crippen LogP contribution in [0.3, 0.4) is 0 Å². The van der Waals surface area contributed by atoms with Gasteiger partial charge in [0.1, 0.15) is 0 Å². The Balaban J connectivity index is 2.09. The number of nitrogens with zero attached hydrogens (tertiary/aromatic N) is 1. The molecule has 1 fully saturated rings. The summed E-state index contributed by atoms with van der Waals surface area (Å²) >= 11 is 1.82. The van der Waals surface area contributed by atoms with E-state index in [1.807, 2.05) is 35.8 Å². The molecule has 1 aromatic rings. The van der Waals surface area contributed by atoms with Gasteiger partial charge in [0, 0.05) is 31.2 Å². The van der Waals surface area contributed by atoms with Crippen molar-refractivity contribution in [1.29, 1.82) is 0 Å². The van der Waals surface area contributed by atoms with Gasteiger partial charge in [0.2, 0.25) is 0 Å². The highest BCUT2D eigenvalue weighted by Crippen LogP contribution is 2.24. The lowest BCUT2D eigenvalue weighted by molar-refractivity contribution is 0.00605. The number of hydrogen-bond acceptors (Lipinski definition) is 3. The minimum absolute atomic E-state index is 0.119. The van der Waals surface area contributed by atoms with Crippen LogP contribution in [0.1, 0.15) is 42.1 Å². The molecule has 22 heavy (non-hydrogen) atoms. The minimum Gasteiger partial charge on any atom is -0.381 e. The molecule has 3 nitrogen and oxygen atoms in total. The molecular formula is C18H27NO2S. The predicted molar refractivity (Wildman–Crippen MR) is 93.7 cm³/mol. The Labute approximate surface area is 138 Å². The Kier molecular flexibility index (Phi) is 6.33. The van der Waals surface area contributed by atoms with Gasteiger partial charge in [-0.15, -0.1) is 0 Å². The van der Waals surface area contributed by atoms with Gasteiger partial charge in [0.15, 0.2) is 0 Å². The largest absolute Gasteiger partial charge is 0.381 e. The van der Waals surface area contributed by atoms with Crippen LogP contribution in [0, 0.1) is 5.92 Å². The summed E-state index contributed by atoms with van der Waals surface area (Å²) in [6.07, 6.45) is 3.04. The molecule has 1 aliphatic rings. The van der Waals surface area contributed by atoms with Crippen LogP contribution in [0.15, 0.2) is 24.3 Å². The second kappa shape index (κ2) is 8.02. The molecule has 2 unspecified atom stereocenters. The van der Waals surface area contributed by atoms with E-state index in [0.29, 0.717) is 11.8 Å². The normalized spacial score (nSPS) is 21.9. The number of amides is 1. The molecule has 0 aliphatic carbocycles. The summed E-state index contributed by atoms with van der Waals surface area (Å²) in [5.74, 6) is 2.07. The zero-order valence-corrected chi connectivity index (χ0v) is 14.9. The Morgan fingerprint density at radius 2 is 2.05 bits per heavy atom. The van der Waals surface area contributed by atoms with Crippen molar-refractivity contribution >= 4 is 17.7 Å². The summed E-state index contributed by atoms with van der Waals surface area (Å²) < 4.78 is 5.59. The van der Waals surface area contributed by atoms with Crippen LogP contribution in [0.5, 0.6) is 0 Å². The first-order valence-electron chi connectivity index (χ1n) is 7.98. The molecule has 0 radical (unpaired) electrons. The van der Waals surface area contributed by atoms with Crippen molar-refractivity contribution < 1.29 is 9.53 Å². The number of carbonyl (C=O) groups excluding carboxylic acids is 1.